The SMILES string of the molecule is CCn1nc(C)c(Br)c1CC(N)c1cnc2ccsc2c1. The molecule has 21 heavy (non-hydrogen) atoms. The lowest BCUT2D eigenvalue weighted by Gasteiger charge is -2.13. The minimum atomic E-state index is -0.0818. The van der Waals surface area contributed by atoms with Gasteiger partial charge < -0.3 is 5.73 Å². The molecule has 3 rings (SSSR count). The van der Waals surface area contributed by atoms with Gasteiger partial charge in [0, 0.05) is 25.2 Å². The van der Waals surface area contributed by atoms with Crippen LogP contribution in [0.25, 0.3) is 10.2 Å². The minimum absolute atomic E-state index is 0.0818. The number of fused-ring (bicyclic) bond motifs is 1. The van der Waals surface area contributed by atoms with Gasteiger partial charge in [0.1, 0.15) is 0 Å². The highest BCUT2D eigenvalue weighted by Crippen LogP contribution is 2.27. The van der Waals surface area contributed by atoms with Crippen LogP contribution in [-0.2, 0) is 13.0 Å². The first-order chi connectivity index (χ1) is 10.1. The molecule has 0 aliphatic carbocycles. The molecule has 0 aromatic carbocycles. The fraction of sp³-hybridized carbons (Fsp3) is 0.333. The van der Waals surface area contributed by atoms with E-state index in [-0.39, 0.29) is 6.04 Å². The van der Waals surface area contributed by atoms with Crippen molar-refractivity contribution in [2.75, 3.05) is 0 Å². The highest BCUT2D eigenvalue weighted by molar-refractivity contribution is 9.10. The van der Waals surface area contributed by atoms with E-state index >= 15 is 0 Å². The lowest BCUT2D eigenvalue weighted by atomic mass is 10.0. The molecule has 1 atom stereocenters. The number of hydrogen-bond acceptors (Lipinski definition) is 4. The first kappa shape index (κ1) is 14.7. The van der Waals surface area contributed by atoms with Gasteiger partial charge in [0.05, 0.1) is 26.1 Å². The highest BCUT2D eigenvalue weighted by atomic mass is 79.9. The molecule has 0 radical (unpaired) electrons. The molecule has 0 fully saturated rings. The molecule has 0 spiro atoms. The van der Waals surface area contributed by atoms with Gasteiger partial charge in [0.2, 0.25) is 0 Å². The number of nitrogens with zero attached hydrogens (tertiary/aromatic N) is 3. The van der Waals surface area contributed by atoms with E-state index in [4.69, 9.17) is 5.73 Å². The van der Waals surface area contributed by atoms with Gasteiger partial charge >= 0.3 is 0 Å². The summed E-state index contributed by atoms with van der Waals surface area (Å²) < 4.78 is 4.25. The molecule has 110 valence electrons. The molecule has 0 amide bonds. The van der Waals surface area contributed by atoms with Gasteiger partial charge in [-0.1, -0.05) is 0 Å². The highest BCUT2D eigenvalue weighted by Gasteiger charge is 2.17. The molecule has 3 aromatic heterocycles. The molecular weight excluding hydrogens is 348 g/mol. The second kappa shape index (κ2) is 5.87. The Labute approximate surface area is 136 Å². The van der Waals surface area contributed by atoms with Crippen LogP contribution in [0.15, 0.2) is 28.2 Å². The van der Waals surface area contributed by atoms with Gasteiger partial charge in [-0.3, -0.25) is 9.67 Å². The summed E-state index contributed by atoms with van der Waals surface area (Å²) in [6.45, 7) is 4.94. The van der Waals surface area contributed by atoms with Crippen molar-refractivity contribution in [1.82, 2.24) is 14.8 Å². The zero-order chi connectivity index (χ0) is 15.0. The summed E-state index contributed by atoms with van der Waals surface area (Å²) >= 11 is 5.32. The van der Waals surface area contributed by atoms with Crippen LogP contribution < -0.4 is 5.73 Å². The molecule has 6 heteroatoms. The van der Waals surface area contributed by atoms with Crippen molar-refractivity contribution in [3.63, 3.8) is 0 Å². The van der Waals surface area contributed by atoms with Crippen LogP contribution in [0.3, 0.4) is 0 Å². The van der Waals surface area contributed by atoms with Gasteiger partial charge in [-0.05, 0) is 52.9 Å². The third-order valence-electron chi connectivity index (χ3n) is 3.62. The summed E-state index contributed by atoms with van der Waals surface area (Å²) in [5.41, 5.74) is 10.6. The first-order valence-corrected chi connectivity index (χ1v) is 8.58. The number of pyridine rings is 1. The maximum atomic E-state index is 6.39. The van der Waals surface area contributed by atoms with Gasteiger partial charge in [-0.2, -0.15) is 5.10 Å². The van der Waals surface area contributed by atoms with Crippen LogP contribution in [0.4, 0.5) is 0 Å². The molecule has 3 heterocycles. The van der Waals surface area contributed by atoms with Crippen molar-refractivity contribution in [2.24, 2.45) is 5.73 Å². The van der Waals surface area contributed by atoms with Gasteiger partial charge in [-0.15, -0.1) is 11.3 Å². The van der Waals surface area contributed by atoms with Crippen LogP contribution in [-0.4, -0.2) is 14.8 Å². The molecule has 0 aliphatic heterocycles. The lowest BCUT2D eigenvalue weighted by molar-refractivity contribution is 0.586. The summed E-state index contributed by atoms with van der Waals surface area (Å²) in [7, 11) is 0. The molecule has 1 unspecified atom stereocenters. The predicted molar refractivity (Wildman–Crippen MR) is 90.6 cm³/mol. The van der Waals surface area contributed by atoms with Crippen molar-refractivity contribution in [3.05, 3.63) is 45.1 Å². The van der Waals surface area contributed by atoms with Crippen molar-refractivity contribution in [1.29, 1.82) is 0 Å². The standard InChI is InChI=1S/C15H17BrN4S/c1-3-20-13(15(16)9(2)19-20)7-11(17)10-6-14-12(18-8-10)4-5-21-14/h4-6,8,11H,3,7,17H2,1-2H3. The maximum Gasteiger partial charge on any atom is 0.0809 e. The summed E-state index contributed by atoms with van der Waals surface area (Å²) in [5.74, 6) is 0. The number of hydrogen-bond donors (Lipinski definition) is 1. The van der Waals surface area contributed by atoms with Crippen molar-refractivity contribution in [3.8, 4) is 0 Å². The Balaban J connectivity index is 1.90. The summed E-state index contributed by atoms with van der Waals surface area (Å²) in [4.78, 5) is 4.47. The Morgan fingerprint density at radius 2 is 2.29 bits per heavy atom. The third kappa shape index (κ3) is 2.75. The molecule has 0 aliphatic rings. The number of halogens is 1. The van der Waals surface area contributed by atoms with E-state index in [0.29, 0.717) is 0 Å². The fourth-order valence-electron chi connectivity index (χ4n) is 2.45. The smallest absolute Gasteiger partial charge is 0.0809 e. The second-order valence-electron chi connectivity index (χ2n) is 5.05. The molecule has 3 aromatic rings. The molecule has 2 N–H and O–H groups in total. The van der Waals surface area contributed by atoms with E-state index in [1.165, 1.54) is 4.70 Å². The van der Waals surface area contributed by atoms with Crippen molar-refractivity contribution >= 4 is 37.5 Å². The maximum absolute atomic E-state index is 6.39. The Morgan fingerprint density at radius 1 is 1.48 bits per heavy atom. The second-order valence-corrected chi connectivity index (χ2v) is 6.79. The van der Waals surface area contributed by atoms with E-state index in [9.17, 15) is 0 Å². The minimum Gasteiger partial charge on any atom is -0.324 e. The van der Waals surface area contributed by atoms with E-state index < -0.39 is 0 Å². The Morgan fingerprint density at radius 3 is 3.05 bits per heavy atom. The van der Waals surface area contributed by atoms with Crippen LogP contribution in [0.5, 0.6) is 0 Å². The summed E-state index contributed by atoms with van der Waals surface area (Å²) in [5, 5.41) is 6.57. The Hall–Kier alpha value is -1.24. The Kier molecular flexibility index (Phi) is 4.10. The molecule has 0 saturated carbocycles. The third-order valence-corrected chi connectivity index (χ3v) is 5.50. The largest absolute Gasteiger partial charge is 0.324 e. The number of aromatic nitrogens is 3. The summed E-state index contributed by atoms with van der Waals surface area (Å²) in [6, 6.07) is 4.09. The van der Waals surface area contributed by atoms with Crippen LogP contribution in [0.2, 0.25) is 0 Å². The van der Waals surface area contributed by atoms with Gasteiger partial charge in [-0.25, -0.2) is 0 Å². The van der Waals surface area contributed by atoms with E-state index in [0.717, 1.165) is 39.9 Å². The first-order valence-electron chi connectivity index (χ1n) is 6.90. The normalized spacial score (nSPS) is 13.0. The van der Waals surface area contributed by atoms with E-state index in [2.05, 4.69) is 44.4 Å². The van der Waals surface area contributed by atoms with Gasteiger partial charge in [0.25, 0.3) is 0 Å². The fourth-order valence-corrected chi connectivity index (χ4v) is 3.69. The zero-order valence-corrected chi connectivity index (χ0v) is 14.4. The summed E-state index contributed by atoms with van der Waals surface area (Å²) in [6.07, 6.45) is 2.63. The number of nitrogens with two attached hydrogens (primary N) is 1. The average Bonchev–Trinajstić information content (AvgIpc) is 3.05. The zero-order valence-electron chi connectivity index (χ0n) is 12.0. The van der Waals surface area contributed by atoms with Crippen molar-refractivity contribution < 1.29 is 0 Å². The Bertz CT molecular complexity index is 777. The molecule has 4 nitrogen and oxygen atoms in total. The topological polar surface area (TPSA) is 56.7 Å². The van der Waals surface area contributed by atoms with Crippen LogP contribution >= 0.6 is 27.3 Å². The van der Waals surface area contributed by atoms with Crippen LogP contribution in [0.1, 0.15) is 29.9 Å². The number of rotatable bonds is 4. The number of aryl methyl sites for hydroxylation is 2. The van der Waals surface area contributed by atoms with Gasteiger partial charge in [0.15, 0.2) is 0 Å². The molecular formula is C15H17BrN4S. The predicted octanol–water partition coefficient (Wildman–Crippen LogP) is 3.83. The van der Waals surface area contributed by atoms with Crippen LogP contribution in [0, 0.1) is 6.92 Å². The lowest BCUT2D eigenvalue weighted by Crippen LogP contribution is -2.16. The van der Waals surface area contributed by atoms with E-state index in [1.807, 2.05) is 23.9 Å². The molecule has 0 bridgehead atoms. The van der Waals surface area contributed by atoms with Crippen molar-refractivity contribution in [2.45, 2.75) is 32.9 Å². The van der Waals surface area contributed by atoms with E-state index in [1.54, 1.807) is 11.3 Å². The average molecular weight is 365 g/mol. The monoisotopic (exact) mass is 364 g/mol. The number of thiophene rings is 1. The quantitative estimate of drug-likeness (QED) is 0.765. The molecule has 0 saturated heterocycles.